The maximum Gasteiger partial charge on any atom is 0.218 e. The van der Waals surface area contributed by atoms with Crippen molar-refractivity contribution < 1.29 is 23.7 Å². The van der Waals surface area contributed by atoms with Gasteiger partial charge in [-0.1, -0.05) is 30.3 Å². The molecule has 0 amide bonds. The van der Waals surface area contributed by atoms with E-state index in [1.165, 1.54) is 7.11 Å². The van der Waals surface area contributed by atoms with Gasteiger partial charge in [0.1, 0.15) is 6.10 Å². The van der Waals surface area contributed by atoms with Crippen LogP contribution in [0.15, 0.2) is 30.3 Å². The minimum absolute atomic E-state index is 0.0857. The highest BCUT2D eigenvalue weighted by Crippen LogP contribution is 2.32. The average molecular weight is 264 g/mol. The first kappa shape index (κ1) is 12.7. The van der Waals surface area contributed by atoms with Crippen LogP contribution in [0.2, 0.25) is 0 Å². The Morgan fingerprint density at radius 2 is 1.95 bits per heavy atom. The van der Waals surface area contributed by atoms with Crippen molar-refractivity contribution in [1.29, 1.82) is 0 Å². The smallest absolute Gasteiger partial charge is 0.218 e. The first-order valence-corrected chi connectivity index (χ1v) is 6.31. The third kappa shape index (κ3) is 2.55. The fourth-order valence-electron chi connectivity index (χ4n) is 2.38. The van der Waals surface area contributed by atoms with Gasteiger partial charge in [-0.2, -0.15) is 0 Å². The molecular weight excluding hydrogens is 248 g/mol. The number of carbonyl (C=O) groups is 1. The molecule has 0 aromatic heterocycles. The number of hydrogen-bond acceptors (Lipinski definition) is 5. The van der Waals surface area contributed by atoms with Crippen LogP contribution in [0.1, 0.15) is 18.3 Å². The Balaban J connectivity index is 1.70. The third-order valence-corrected chi connectivity index (χ3v) is 3.37. The second-order valence-corrected chi connectivity index (χ2v) is 4.66. The Morgan fingerprint density at radius 3 is 2.68 bits per heavy atom. The zero-order valence-electron chi connectivity index (χ0n) is 10.7. The van der Waals surface area contributed by atoms with Gasteiger partial charge in [0.15, 0.2) is 12.1 Å². The first-order valence-electron chi connectivity index (χ1n) is 6.31. The number of carbonyl (C=O) groups excluding carboxylic acids is 1. The number of fused-ring (bicyclic) bond motifs is 1. The van der Waals surface area contributed by atoms with Crippen LogP contribution < -0.4 is 0 Å². The Morgan fingerprint density at radius 1 is 1.16 bits per heavy atom. The summed E-state index contributed by atoms with van der Waals surface area (Å²) in [6.45, 7) is 0.400. The van der Waals surface area contributed by atoms with Gasteiger partial charge in [-0.05, 0) is 0 Å². The molecule has 102 valence electrons. The molecule has 5 nitrogen and oxygen atoms in total. The molecule has 19 heavy (non-hydrogen) atoms. The molecule has 3 rings (SSSR count). The van der Waals surface area contributed by atoms with Crippen molar-refractivity contribution in [2.75, 3.05) is 13.7 Å². The summed E-state index contributed by atoms with van der Waals surface area (Å²) in [7, 11) is 1.46. The summed E-state index contributed by atoms with van der Waals surface area (Å²) in [6.07, 6.45) is -1.43. The quantitative estimate of drug-likeness (QED) is 0.809. The molecule has 2 aliphatic rings. The molecule has 0 spiro atoms. The van der Waals surface area contributed by atoms with Gasteiger partial charge < -0.3 is 18.9 Å². The second-order valence-electron chi connectivity index (χ2n) is 4.66. The number of ether oxygens (including phenoxy) is 4. The van der Waals surface area contributed by atoms with E-state index >= 15 is 0 Å². The van der Waals surface area contributed by atoms with E-state index in [0.717, 1.165) is 5.56 Å². The molecule has 0 N–H and O–H groups in total. The van der Waals surface area contributed by atoms with Crippen LogP contribution in [0.25, 0.3) is 0 Å². The molecular formula is C14H16O5. The summed E-state index contributed by atoms with van der Waals surface area (Å²) in [5.41, 5.74) is 0.947. The second kappa shape index (κ2) is 5.38. The molecule has 0 radical (unpaired) electrons. The van der Waals surface area contributed by atoms with E-state index in [1.807, 2.05) is 30.3 Å². The van der Waals surface area contributed by atoms with Gasteiger partial charge in [0.05, 0.1) is 12.7 Å². The molecule has 0 bridgehead atoms. The third-order valence-electron chi connectivity index (χ3n) is 3.37. The van der Waals surface area contributed by atoms with Crippen molar-refractivity contribution in [2.45, 2.75) is 31.2 Å². The maximum absolute atomic E-state index is 11.8. The van der Waals surface area contributed by atoms with Crippen LogP contribution in [0, 0.1) is 0 Å². The number of hydrogen-bond donors (Lipinski definition) is 0. The summed E-state index contributed by atoms with van der Waals surface area (Å²) in [6, 6.07) is 9.67. The Kier molecular flexibility index (Phi) is 3.61. The van der Waals surface area contributed by atoms with Crippen LogP contribution in [0.4, 0.5) is 0 Å². The van der Waals surface area contributed by atoms with Crippen LogP contribution in [0.5, 0.6) is 0 Å². The van der Waals surface area contributed by atoms with Gasteiger partial charge in [0, 0.05) is 19.1 Å². The number of Topliss-reactive ketones (excluding diaryl/α,β-unsaturated/α-hetero) is 1. The van der Waals surface area contributed by atoms with Crippen molar-refractivity contribution >= 4 is 5.78 Å². The lowest BCUT2D eigenvalue weighted by atomic mass is 10.0. The predicted octanol–water partition coefficient (Wildman–Crippen LogP) is 1.43. The Labute approximate surface area is 111 Å². The standard InChI is InChI=1S/C14H16O5/c1-16-14-10(15)7-11-12(19-14)8-17-13(18-11)9-5-3-2-4-6-9/h2-6,11-14H,7-8H2,1H3/t11-,12?,13?,14-/m1/s1. The number of ketones is 1. The van der Waals surface area contributed by atoms with E-state index in [2.05, 4.69) is 0 Å². The van der Waals surface area contributed by atoms with E-state index < -0.39 is 12.6 Å². The molecule has 2 saturated heterocycles. The van der Waals surface area contributed by atoms with Gasteiger partial charge >= 0.3 is 0 Å². The highest BCUT2D eigenvalue weighted by molar-refractivity contribution is 5.83. The lowest BCUT2D eigenvalue weighted by Crippen LogP contribution is -2.51. The Bertz CT molecular complexity index is 446. The molecule has 2 unspecified atom stereocenters. The SMILES string of the molecule is CO[C@@H]1OC2COC(c3ccccc3)O[C@@H]2CC1=O. The maximum atomic E-state index is 11.8. The van der Waals surface area contributed by atoms with E-state index in [9.17, 15) is 4.79 Å². The molecule has 1 aromatic carbocycles. The van der Waals surface area contributed by atoms with Crippen LogP contribution >= 0.6 is 0 Å². The topological polar surface area (TPSA) is 54.0 Å². The molecule has 2 fully saturated rings. The molecule has 4 atom stereocenters. The molecule has 5 heteroatoms. The first-order chi connectivity index (χ1) is 9.28. The van der Waals surface area contributed by atoms with E-state index in [-0.39, 0.29) is 18.0 Å². The fourth-order valence-corrected chi connectivity index (χ4v) is 2.38. The van der Waals surface area contributed by atoms with Gasteiger partial charge in [0.25, 0.3) is 0 Å². The molecule has 2 heterocycles. The van der Waals surface area contributed by atoms with E-state index in [0.29, 0.717) is 13.0 Å². The molecule has 2 aliphatic heterocycles. The van der Waals surface area contributed by atoms with Crippen LogP contribution in [-0.4, -0.2) is 38.0 Å². The summed E-state index contributed by atoms with van der Waals surface area (Å²) in [5, 5.41) is 0. The molecule has 1 aromatic rings. The monoisotopic (exact) mass is 264 g/mol. The lowest BCUT2D eigenvalue weighted by Gasteiger charge is -2.40. The highest BCUT2D eigenvalue weighted by atomic mass is 16.7. The van der Waals surface area contributed by atoms with Crippen molar-refractivity contribution in [3.63, 3.8) is 0 Å². The number of methoxy groups -OCH3 is 1. The Hall–Kier alpha value is -1.27. The zero-order chi connectivity index (χ0) is 13.2. The van der Waals surface area contributed by atoms with Gasteiger partial charge in [-0.15, -0.1) is 0 Å². The van der Waals surface area contributed by atoms with Gasteiger partial charge in [-0.3, -0.25) is 4.79 Å². The van der Waals surface area contributed by atoms with E-state index in [4.69, 9.17) is 18.9 Å². The zero-order valence-corrected chi connectivity index (χ0v) is 10.7. The minimum Gasteiger partial charge on any atom is -0.349 e. The lowest BCUT2D eigenvalue weighted by molar-refractivity contribution is -0.300. The normalized spacial score (nSPS) is 34.9. The summed E-state index contributed by atoms with van der Waals surface area (Å²) >= 11 is 0. The highest BCUT2D eigenvalue weighted by Gasteiger charge is 2.42. The summed E-state index contributed by atoms with van der Waals surface area (Å²) in [5.74, 6) is -0.0857. The number of rotatable bonds is 2. The summed E-state index contributed by atoms with van der Waals surface area (Å²) in [4.78, 5) is 11.8. The minimum atomic E-state index is -0.790. The molecule has 0 aliphatic carbocycles. The van der Waals surface area contributed by atoms with E-state index in [1.54, 1.807) is 0 Å². The summed E-state index contributed by atoms with van der Waals surface area (Å²) < 4.78 is 22.0. The predicted molar refractivity (Wildman–Crippen MR) is 65.3 cm³/mol. The van der Waals surface area contributed by atoms with Crippen LogP contribution in [0.3, 0.4) is 0 Å². The van der Waals surface area contributed by atoms with Crippen molar-refractivity contribution in [1.82, 2.24) is 0 Å². The van der Waals surface area contributed by atoms with Crippen LogP contribution in [-0.2, 0) is 23.7 Å². The van der Waals surface area contributed by atoms with Crippen molar-refractivity contribution in [3.8, 4) is 0 Å². The molecule has 0 saturated carbocycles. The van der Waals surface area contributed by atoms with Gasteiger partial charge in [0.2, 0.25) is 6.29 Å². The fraction of sp³-hybridized carbons (Fsp3) is 0.500. The van der Waals surface area contributed by atoms with Crippen molar-refractivity contribution in [3.05, 3.63) is 35.9 Å². The van der Waals surface area contributed by atoms with Gasteiger partial charge in [-0.25, -0.2) is 0 Å². The largest absolute Gasteiger partial charge is 0.349 e. The average Bonchev–Trinajstić information content (AvgIpc) is 2.47. The van der Waals surface area contributed by atoms with Crippen molar-refractivity contribution in [2.24, 2.45) is 0 Å². The number of benzene rings is 1.